The van der Waals surface area contributed by atoms with Gasteiger partial charge in [0.25, 0.3) is 10.2 Å². The lowest BCUT2D eigenvalue weighted by atomic mass is 10.2. The third-order valence-electron chi connectivity index (χ3n) is 3.06. The molecule has 1 saturated heterocycles. The van der Waals surface area contributed by atoms with Gasteiger partial charge < -0.3 is 9.47 Å². The Hall–Kier alpha value is -0.860. The standard InChI is InChI=1S/C13H19ClN2O4S/c1-2-20-13-4-3-11(9-12(13)14)10-15-21(17,18)16-5-7-19-8-6-16/h3-4,9,15H,2,5-8,10H2,1H3. The van der Waals surface area contributed by atoms with Crippen LogP contribution < -0.4 is 9.46 Å². The normalized spacial score (nSPS) is 16.9. The van der Waals surface area contributed by atoms with Crippen LogP contribution in [-0.4, -0.2) is 45.6 Å². The molecule has 0 amide bonds. The first-order chi connectivity index (χ1) is 10.0. The lowest BCUT2D eigenvalue weighted by molar-refractivity contribution is 0.0725. The fourth-order valence-electron chi connectivity index (χ4n) is 1.98. The average Bonchev–Trinajstić information content (AvgIpc) is 2.49. The number of hydrogen-bond donors (Lipinski definition) is 1. The molecule has 21 heavy (non-hydrogen) atoms. The van der Waals surface area contributed by atoms with E-state index in [-0.39, 0.29) is 6.54 Å². The van der Waals surface area contributed by atoms with Crippen LogP contribution in [0.15, 0.2) is 18.2 Å². The Labute approximate surface area is 130 Å². The maximum Gasteiger partial charge on any atom is 0.279 e. The third kappa shape index (κ3) is 4.55. The summed E-state index contributed by atoms with van der Waals surface area (Å²) in [5.41, 5.74) is 0.778. The van der Waals surface area contributed by atoms with Crippen molar-refractivity contribution in [2.24, 2.45) is 0 Å². The van der Waals surface area contributed by atoms with Crippen LogP contribution in [0.1, 0.15) is 12.5 Å². The zero-order chi connectivity index (χ0) is 15.3. The van der Waals surface area contributed by atoms with Crippen molar-refractivity contribution in [2.75, 3.05) is 32.9 Å². The number of hydrogen-bond acceptors (Lipinski definition) is 4. The zero-order valence-corrected chi connectivity index (χ0v) is 13.4. The van der Waals surface area contributed by atoms with Crippen LogP contribution in [0.25, 0.3) is 0 Å². The molecule has 1 heterocycles. The largest absolute Gasteiger partial charge is 0.492 e. The minimum absolute atomic E-state index is 0.186. The highest BCUT2D eigenvalue weighted by molar-refractivity contribution is 7.87. The summed E-state index contributed by atoms with van der Waals surface area (Å²) in [6.07, 6.45) is 0. The number of ether oxygens (including phenoxy) is 2. The smallest absolute Gasteiger partial charge is 0.279 e. The average molecular weight is 335 g/mol. The van der Waals surface area contributed by atoms with Gasteiger partial charge in [-0.2, -0.15) is 17.4 Å². The Bertz CT molecular complexity index is 574. The number of rotatable bonds is 6. The first kappa shape index (κ1) is 16.5. The first-order valence-electron chi connectivity index (χ1n) is 6.76. The molecule has 8 heteroatoms. The predicted octanol–water partition coefficient (Wildman–Crippen LogP) is 1.41. The van der Waals surface area contributed by atoms with E-state index in [9.17, 15) is 8.42 Å². The summed E-state index contributed by atoms with van der Waals surface area (Å²) in [6, 6.07) is 5.23. The summed E-state index contributed by atoms with van der Waals surface area (Å²) in [7, 11) is -3.49. The molecule has 1 aliphatic heterocycles. The van der Waals surface area contributed by atoms with Crippen LogP contribution >= 0.6 is 11.6 Å². The van der Waals surface area contributed by atoms with Gasteiger partial charge in [0.15, 0.2) is 0 Å². The topological polar surface area (TPSA) is 67.9 Å². The molecule has 0 spiro atoms. The lowest BCUT2D eigenvalue weighted by Crippen LogP contribution is -2.46. The SMILES string of the molecule is CCOc1ccc(CNS(=O)(=O)N2CCOCC2)cc1Cl. The Balaban J connectivity index is 1.97. The van der Waals surface area contributed by atoms with Crippen molar-refractivity contribution < 1.29 is 17.9 Å². The molecule has 0 saturated carbocycles. The van der Waals surface area contributed by atoms with Gasteiger partial charge in [-0.15, -0.1) is 0 Å². The molecule has 0 unspecified atom stereocenters. The van der Waals surface area contributed by atoms with Crippen molar-refractivity contribution in [2.45, 2.75) is 13.5 Å². The molecular formula is C13H19ClN2O4S. The van der Waals surface area contributed by atoms with Gasteiger partial charge in [0, 0.05) is 19.6 Å². The summed E-state index contributed by atoms with van der Waals surface area (Å²) in [5, 5.41) is 0.472. The van der Waals surface area contributed by atoms with E-state index < -0.39 is 10.2 Å². The highest BCUT2D eigenvalue weighted by atomic mass is 35.5. The Morgan fingerprint density at radius 1 is 1.38 bits per heavy atom. The summed E-state index contributed by atoms with van der Waals surface area (Å²) in [5.74, 6) is 0.596. The van der Waals surface area contributed by atoms with Crippen LogP contribution in [0.4, 0.5) is 0 Å². The molecule has 0 atom stereocenters. The molecule has 2 rings (SSSR count). The van der Waals surface area contributed by atoms with E-state index in [1.807, 2.05) is 6.92 Å². The van der Waals surface area contributed by atoms with E-state index in [0.29, 0.717) is 43.7 Å². The highest BCUT2D eigenvalue weighted by Gasteiger charge is 2.23. The van der Waals surface area contributed by atoms with Crippen LogP contribution in [0, 0.1) is 0 Å². The molecule has 1 aromatic rings. The third-order valence-corrected chi connectivity index (χ3v) is 4.91. The van der Waals surface area contributed by atoms with Crippen molar-refractivity contribution in [3.05, 3.63) is 28.8 Å². The van der Waals surface area contributed by atoms with Crippen molar-refractivity contribution in [3.63, 3.8) is 0 Å². The second-order valence-corrected chi connectivity index (χ2v) is 6.70. The molecule has 0 aromatic heterocycles. The van der Waals surface area contributed by atoms with Gasteiger partial charge in [-0.3, -0.25) is 0 Å². The van der Waals surface area contributed by atoms with Gasteiger partial charge in [0.05, 0.1) is 24.8 Å². The van der Waals surface area contributed by atoms with Crippen LogP contribution in [-0.2, 0) is 21.5 Å². The minimum atomic E-state index is -3.49. The van der Waals surface area contributed by atoms with E-state index >= 15 is 0 Å². The van der Waals surface area contributed by atoms with Crippen molar-refractivity contribution in [1.82, 2.24) is 9.03 Å². The van der Waals surface area contributed by atoms with Crippen molar-refractivity contribution >= 4 is 21.8 Å². The van der Waals surface area contributed by atoms with E-state index in [1.54, 1.807) is 18.2 Å². The minimum Gasteiger partial charge on any atom is -0.492 e. The molecule has 1 fully saturated rings. The van der Waals surface area contributed by atoms with Gasteiger partial charge in [0.1, 0.15) is 5.75 Å². The van der Waals surface area contributed by atoms with Crippen LogP contribution in [0.5, 0.6) is 5.75 Å². The Morgan fingerprint density at radius 2 is 2.10 bits per heavy atom. The Kier molecular flexibility index (Phi) is 5.83. The summed E-state index contributed by atoms with van der Waals surface area (Å²) in [6.45, 7) is 4.19. The van der Waals surface area contributed by atoms with E-state index in [1.165, 1.54) is 4.31 Å². The number of nitrogens with zero attached hydrogens (tertiary/aromatic N) is 1. The van der Waals surface area contributed by atoms with Gasteiger partial charge >= 0.3 is 0 Å². The van der Waals surface area contributed by atoms with E-state index in [4.69, 9.17) is 21.1 Å². The summed E-state index contributed by atoms with van der Waals surface area (Å²) < 4.78 is 38.7. The molecule has 1 aliphatic rings. The zero-order valence-electron chi connectivity index (χ0n) is 11.8. The van der Waals surface area contributed by atoms with Gasteiger partial charge in [-0.25, -0.2) is 0 Å². The van der Waals surface area contributed by atoms with Gasteiger partial charge in [0.2, 0.25) is 0 Å². The molecule has 0 bridgehead atoms. The molecule has 6 nitrogen and oxygen atoms in total. The molecule has 118 valence electrons. The fourth-order valence-corrected chi connectivity index (χ4v) is 3.40. The Morgan fingerprint density at radius 3 is 2.71 bits per heavy atom. The second-order valence-electron chi connectivity index (χ2n) is 4.54. The molecule has 1 aromatic carbocycles. The van der Waals surface area contributed by atoms with Gasteiger partial charge in [-0.05, 0) is 24.6 Å². The van der Waals surface area contributed by atoms with Crippen molar-refractivity contribution in [3.8, 4) is 5.75 Å². The molecule has 0 aliphatic carbocycles. The highest BCUT2D eigenvalue weighted by Crippen LogP contribution is 2.25. The predicted molar refractivity (Wildman–Crippen MR) is 80.8 cm³/mol. The maximum atomic E-state index is 12.1. The number of nitrogens with one attached hydrogen (secondary N) is 1. The lowest BCUT2D eigenvalue weighted by Gasteiger charge is -2.26. The van der Waals surface area contributed by atoms with E-state index in [0.717, 1.165) is 5.56 Å². The maximum absolute atomic E-state index is 12.1. The van der Waals surface area contributed by atoms with Gasteiger partial charge in [-0.1, -0.05) is 17.7 Å². The summed E-state index contributed by atoms with van der Waals surface area (Å²) >= 11 is 6.08. The fraction of sp³-hybridized carbons (Fsp3) is 0.538. The van der Waals surface area contributed by atoms with Crippen molar-refractivity contribution in [1.29, 1.82) is 0 Å². The quantitative estimate of drug-likeness (QED) is 0.854. The first-order valence-corrected chi connectivity index (χ1v) is 8.58. The number of morpholine rings is 1. The van der Waals surface area contributed by atoms with Crippen LogP contribution in [0.2, 0.25) is 5.02 Å². The number of benzene rings is 1. The summed E-state index contributed by atoms with van der Waals surface area (Å²) in [4.78, 5) is 0. The number of halogens is 1. The molecule has 0 radical (unpaired) electrons. The second kappa shape index (κ2) is 7.42. The monoisotopic (exact) mass is 334 g/mol. The molecular weight excluding hydrogens is 316 g/mol. The van der Waals surface area contributed by atoms with Crippen LogP contribution in [0.3, 0.4) is 0 Å². The molecule has 1 N–H and O–H groups in total. The van der Waals surface area contributed by atoms with E-state index in [2.05, 4.69) is 4.72 Å².